The monoisotopic (exact) mass is 180 g/mol. The maximum atomic E-state index is 6.27. The second-order valence-electron chi connectivity index (χ2n) is 5.81. The van der Waals surface area contributed by atoms with Gasteiger partial charge in [-0.3, -0.25) is 0 Å². The van der Waals surface area contributed by atoms with Crippen LogP contribution in [0.3, 0.4) is 0 Å². The number of hydrogen-bond acceptors (Lipinski definition) is 1. The van der Waals surface area contributed by atoms with Crippen LogP contribution in [0.1, 0.15) is 46.0 Å². The van der Waals surface area contributed by atoms with Crippen LogP contribution >= 0.6 is 0 Å². The summed E-state index contributed by atoms with van der Waals surface area (Å²) in [6, 6.07) is 0. The normalized spacial score (nSPS) is 53.3. The molecule has 0 aromatic carbocycles. The van der Waals surface area contributed by atoms with Gasteiger partial charge in [-0.05, 0) is 49.9 Å². The predicted octanol–water partition coefficient (Wildman–Crippen LogP) is 2.99. The van der Waals surface area contributed by atoms with E-state index in [0.717, 1.165) is 17.8 Å². The van der Waals surface area contributed by atoms with E-state index >= 15 is 0 Å². The van der Waals surface area contributed by atoms with E-state index in [-0.39, 0.29) is 0 Å². The lowest BCUT2D eigenvalue weighted by atomic mass is 9.59. The number of rotatable bonds is 1. The first kappa shape index (κ1) is 8.28. The van der Waals surface area contributed by atoms with E-state index in [1.165, 1.54) is 32.1 Å². The average Bonchev–Trinajstić information content (AvgIpc) is 2.00. The molecule has 2 atom stereocenters. The molecule has 0 aromatic heterocycles. The first-order chi connectivity index (χ1) is 6.18. The molecule has 13 heavy (non-hydrogen) atoms. The summed E-state index contributed by atoms with van der Waals surface area (Å²) in [5, 5.41) is 0. The van der Waals surface area contributed by atoms with Gasteiger partial charge in [-0.2, -0.15) is 0 Å². The average molecular weight is 180 g/mol. The van der Waals surface area contributed by atoms with Crippen LogP contribution in [0.25, 0.3) is 0 Å². The minimum absolute atomic E-state index is 0.300. The molecule has 4 rings (SSSR count). The van der Waals surface area contributed by atoms with E-state index in [0.29, 0.717) is 11.7 Å². The van der Waals surface area contributed by atoms with Crippen LogP contribution in [-0.2, 0) is 4.74 Å². The molecule has 2 heterocycles. The minimum atomic E-state index is 0.300. The number of hydrogen-bond donors (Lipinski definition) is 0. The van der Waals surface area contributed by atoms with Gasteiger partial charge in [0.25, 0.3) is 0 Å². The fraction of sp³-hybridized carbons (Fsp3) is 1.00. The maximum Gasteiger partial charge on any atom is 0.0714 e. The van der Waals surface area contributed by atoms with E-state index < -0.39 is 0 Å². The van der Waals surface area contributed by atoms with Crippen molar-refractivity contribution in [3.63, 3.8) is 0 Å². The zero-order valence-corrected chi connectivity index (χ0v) is 8.75. The van der Waals surface area contributed by atoms with Gasteiger partial charge in [-0.25, -0.2) is 0 Å². The van der Waals surface area contributed by atoms with E-state index in [1.807, 2.05) is 0 Å². The van der Waals surface area contributed by atoms with E-state index in [2.05, 4.69) is 13.8 Å². The molecule has 0 spiro atoms. The summed E-state index contributed by atoms with van der Waals surface area (Å²) in [6.07, 6.45) is 7.59. The van der Waals surface area contributed by atoms with Gasteiger partial charge in [-0.1, -0.05) is 13.8 Å². The van der Waals surface area contributed by atoms with Gasteiger partial charge in [0.05, 0.1) is 11.7 Å². The van der Waals surface area contributed by atoms with Crippen LogP contribution in [0.5, 0.6) is 0 Å². The van der Waals surface area contributed by atoms with Crippen molar-refractivity contribution < 1.29 is 4.74 Å². The van der Waals surface area contributed by atoms with E-state index in [1.54, 1.807) is 0 Å². The third-order valence-corrected chi connectivity index (χ3v) is 4.58. The third-order valence-electron chi connectivity index (χ3n) is 4.58. The van der Waals surface area contributed by atoms with Crippen LogP contribution < -0.4 is 0 Å². The van der Waals surface area contributed by atoms with Crippen molar-refractivity contribution >= 4 is 0 Å². The van der Waals surface area contributed by atoms with Crippen molar-refractivity contribution in [3.05, 3.63) is 0 Å². The first-order valence-corrected chi connectivity index (χ1v) is 5.86. The predicted molar refractivity (Wildman–Crippen MR) is 52.5 cm³/mol. The van der Waals surface area contributed by atoms with Crippen molar-refractivity contribution in [1.29, 1.82) is 0 Å². The Balaban J connectivity index is 1.91. The highest BCUT2D eigenvalue weighted by atomic mass is 16.5. The van der Waals surface area contributed by atoms with E-state index in [9.17, 15) is 0 Å². The molecule has 1 heteroatoms. The summed E-state index contributed by atoms with van der Waals surface area (Å²) in [6.45, 7) is 4.68. The summed E-state index contributed by atoms with van der Waals surface area (Å²) >= 11 is 0. The van der Waals surface area contributed by atoms with Crippen LogP contribution in [0.15, 0.2) is 0 Å². The first-order valence-electron chi connectivity index (χ1n) is 5.86. The number of ether oxygens (including phenoxy) is 1. The molecule has 2 unspecified atom stereocenters. The Morgan fingerprint density at radius 3 is 2.15 bits per heavy atom. The molecule has 0 N–H and O–H groups in total. The summed E-state index contributed by atoms with van der Waals surface area (Å²) in [7, 11) is 0. The largest absolute Gasteiger partial charge is 0.371 e. The zero-order chi connectivity index (χ0) is 9.05. The Kier molecular flexibility index (Phi) is 1.59. The fourth-order valence-corrected chi connectivity index (χ4v) is 4.03. The summed E-state index contributed by atoms with van der Waals surface area (Å²) < 4.78 is 6.27. The van der Waals surface area contributed by atoms with Crippen molar-refractivity contribution in [3.8, 4) is 0 Å². The Morgan fingerprint density at radius 1 is 1.08 bits per heavy atom. The minimum Gasteiger partial charge on any atom is -0.371 e. The highest BCUT2D eigenvalue weighted by Crippen LogP contribution is 2.55. The molecule has 0 amide bonds. The van der Waals surface area contributed by atoms with Gasteiger partial charge in [0.15, 0.2) is 0 Å². The zero-order valence-electron chi connectivity index (χ0n) is 8.75. The Morgan fingerprint density at radius 2 is 1.69 bits per heavy atom. The van der Waals surface area contributed by atoms with Gasteiger partial charge < -0.3 is 4.74 Å². The molecule has 4 fully saturated rings. The fourth-order valence-electron chi connectivity index (χ4n) is 4.03. The highest BCUT2D eigenvalue weighted by molar-refractivity contribution is 5.02. The lowest BCUT2D eigenvalue weighted by Gasteiger charge is -2.58. The van der Waals surface area contributed by atoms with Crippen LogP contribution in [0.2, 0.25) is 0 Å². The SMILES string of the molecule is CC(C)C12CC3CC(CC(C3)O1)C2. The molecule has 1 nitrogen and oxygen atoms in total. The molecule has 4 aliphatic rings. The van der Waals surface area contributed by atoms with Crippen LogP contribution in [-0.4, -0.2) is 11.7 Å². The summed E-state index contributed by atoms with van der Waals surface area (Å²) in [4.78, 5) is 0. The molecule has 2 saturated heterocycles. The molecule has 74 valence electrons. The van der Waals surface area contributed by atoms with Gasteiger partial charge >= 0.3 is 0 Å². The second-order valence-corrected chi connectivity index (χ2v) is 5.81. The van der Waals surface area contributed by atoms with Crippen molar-refractivity contribution in [1.82, 2.24) is 0 Å². The van der Waals surface area contributed by atoms with Gasteiger partial charge in [0.1, 0.15) is 0 Å². The Labute approximate surface area is 80.8 Å². The molecular formula is C12H20O. The van der Waals surface area contributed by atoms with Crippen molar-refractivity contribution in [2.24, 2.45) is 17.8 Å². The lowest BCUT2D eigenvalue weighted by Crippen LogP contribution is -2.57. The molecule has 2 aliphatic carbocycles. The van der Waals surface area contributed by atoms with Gasteiger partial charge in [-0.15, -0.1) is 0 Å². The van der Waals surface area contributed by atoms with Crippen molar-refractivity contribution in [2.75, 3.05) is 0 Å². The highest BCUT2D eigenvalue weighted by Gasteiger charge is 2.53. The van der Waals surface area contributed by atoms with Gasteiger partial charge in [0, 0.05) is 0 Å². The van der Waals surface area contributed by atoms with Crippen LogP contribution in [0, 0.1) is 17.8 Å². The topological polar surface area (TPSA) is 9.23 Å². The standard InChI is InChI=1S/C12H20O/c1-8(2)12-6-9-3-10(7-12)5-11(4-9)13-12/h8-11H,3-7H2,1-2H3. The van der Waals surface area contributed by atoms with Crippen LogP contribution in [0.4, 0.5) is 0 Å². The summed E-state index contributed by atoms with van der Waals surface area (Å²) in [5.41, 5.74) is 0.300. The Hall–Kier alpha value is -0.0400. The molecule has 4 bridgehead atoms. The molecule has 2 aliphatic heterocycles. The molecule has 0 radical (unpaired) electrons. The van der Waals surface area contributed by atoms with Crippen molar-refractivity contribution in [2.45, 2.75) is 57.7 Å². The molecule has 2 saturated carbocycles. The molecule has 0 aromatic rings. The third kappa shape index (κ3) is 1.09. The second kappa shape index (κ2) is 2.50. The Bertz CT molecular complexity index is 184. The quantitative estimate of drug-likeness (QED) is 0.602. The maximum absolute atomic E-state index is 6.27. The van der Waals surface area contributed by atoms with Gasteiger partial charge in [0.2, 0.25) is 0 Å². The smallest absolute Gasteiger partial charge is 0.0714 e. The lowest BCUT2D eigenvalue weighted by molar-refractivity contribution is -0.237. The summed E-state index contributed by atoms with van der Waals surface area (Å²) in [5.74, 6) is 2.74. The molecular weight excluding hydrogens is 160 g/mol. The van der Waals surface area contributed by atoms with E-state index in [4.69, 9.17) is 4.74 Å².